The van der Waals surface area contributed by atoms with E-state index in [2.05, 4.69) is 5.32 Å². The van der Waals surface area contributed by atoms with Crippen LogP contribution >= 0.6 is 11.8 Å². The highest BCUT2D eigenvalue weighted by molar-refractivity contribution is 8.13. The van der Waals surface area contributed by atoms with Crippen molar-refractivity contribution in [1.82, 2.24) is 10.2 Å². The molecule has 0 rings (SSSR count). The van der Waals surface area contributed by atoms with Crippen molar-refractivity contribution in [2.45, 2.75) is 26.3 Å². The summed E-state index contributed by atoms with van der Waals surface area (Å²) in [6, 6.07) is 0. The van der Waals surface area contributed by atoms with Gasteiger partial charge in [0.15, 0.2) is 5.17 Å². The normalized spacial score (nSPS) is 10.9. The number of rotatable bonds is 3. The van der Waals surface area contributed by atoms with E-state index in [1.165, 1.54) is 16.7 Å². The number of amidine groups is 1. The molecule has 0 saturated carbocycles. The maximum Gasteiger partial charge on any atom is 0.407 e. The van der Waals surface area contributed by atoms with Gasteiger partial charge in [0.1, 0.15) is 0 Å². The van der Waals surface area contributed by atoms with Gasteiger partial charge in [-0.1, -0.05) is 11.8 Å². The van der Waals surface area contributed by atoms with Gasteiger partial charge in [0.2, 0.25) is 0 Å². The number of nitrogens with one attached hydrogen (secondary N) is 2. The summed E-state index contributed by atoms with van der Waals surface area (Å²) in [5, 5.41) is 19.5. The molecule has 0 aromatic heterocycles. The topological polar surface area (TPSA) is 76.4 Å². The highest BCUT2D eigenvalue weighted by Crippen LogP contribution is 2.12. The Morgan fingerprint density at radius 3 is 2.40 bits per heavy atom. The summed E-state index contributed by atoms with van der Waals surface area (Å²) in [5.41, 5.74) is -0.408. The molecule has 15 heavy (non-hydrogen) atoms. The van der Waals surface area contributed by atoms with Crippen LogP contribution < -0.4 is 5.32 Å². The summed E-state index contributed by atoms with van der Waals surface area (Å²) in [6.45, 7) is 6.38. The minimum Gasteiger partial charge on any atom is -0.465 e. The lowest BCUT2D eigenvalue weighted by Gasteiger charge is -2.33. The van der Waals surface area contributed by atoms with Crippen LogP contribution in [0.1, 0.15) is 20.8 Å². The third-order valence-corrected chi connectivity index (χ3v) is 2.42. The molecule has 0 aromatic carbocycles. The zero-order chi connectivity index (χ0) is 12.1. The van der Waals surface area contributed by atoms with E-state index in [1.807, 2.05) is 20.8 Å². The van der Waals surface area contributed by atoms with Gasteiger partial charge in [0.05, 0.1) is 0 Å². The first kappa shape index (κ1) is 14.1. The molecule has 1 amide bonds. The largest absolute Gasteiger partial charge is 0.465 e. The Morgan fingerprint density at radius 1 is 1.53 bits per heavy atom. The van der Waals surface area contributed by atoms with Crippen molar-refractivity contribution < 1.29 is 9.90 Å². The van der Waals surface area contributed by atoms with Crippen molar-refractivity contribution >= 4 is 23.0 Å². The summed E-state index contributed by atoms with van der Waals surface area (Å²) < 4.78 is 0. The van der Waals surface area contributed by atoms with Crippen LogP contribution in [-0.4, -0.2) is 46.2 Å². The Balaban J connectivity index is 4.10. The molecule has 0 heterocycles. The van der Waals surface area contributed by atoms with Crippen molar-refractivity contribution in [2.75, 3.05) is 19.3 Å². The van der Waals surface area contributed by atoms with Gasteiger partial charge in [-0.2, -0.15) is 0 Å². The lowest BCUT2D eigenvalue weighted by atomic mass is 10.1. The van der Waals surface area contributed by atoms with Crippen LogP contribution in [0.5, 0.6) is 0 Å². The van der Waals surface area contributed by atoms with Gasteiger partial charge >= 0.3 is 6.09 Å². The van der Waals surface area contributed by atoms with Crippen LogP contribution in [0.3, 0.4) is 0 Å². The Labute approximate surface area is 94.7 Å². The molecule has 0 fully saturated rings. The third-order valence-electron chi connectivity index (χ3n) is 1.87. The Bertz CT molecular complexity index is 238. The summed E-state index contributed by atoms with van der Waals surface area (Å²) >= 11 is 1.30. The molecule has 5 nitrogen and oxygen atoms in total. The van der Waals surface area contributed by atoms with Crippen LogP contribution in [0.15, 0.2) is 0 Å². The van der Waals surface area contributed by atoms with Gasteiger partial charge in [-0.3, -0.25) is 5.41 Å². The third kappa shape index (κ3) is 5.51. The van der Waals surface area contributed by atoms with Crippen LogP contribution in [0, 0.1) is 5.41 Å². The molecule has 3 N–H and O–H groups in total. The number of nitrogens with zero attached hydrogens (tertiary/aromatic N) is 1. The smallest absolute Gasteiger partial charge is 0.407 e. The van der Waals surface area contributed by atoms with Crippen LogP contribution in [0.25, 0.3) is 0 Å². The SMILES string of the molecule is CSC(=N)NCCN(C(=O)O)C(C)(C)C. The predicted octanol–water partition coefficient (Wildman–Crippen LogP) is 1.65. The fourth-order valence-corrected chi connectivity index (χ4v) is 1.32. The molecular formula is C9H19N3O2S. The van der Waals surface area contributed by atoms with E-state index >= 15 is 0 Å². The van der Waals surface area contributed by atoms with E-state index in [1.54, 1.807) is 6.26 Å². The maximum absolute atomic E-state index is 10.9. The second kappa shape index (κ2) is 5.85. The number of thioether (sulfide) groups is 1. The number of carbonyl (C=O) groups is 1. The van der Waals surface area contributed by atoms with E-state index in [9.17, 15) is 4.79 Å². The molecule has 0 aliphatic rings. The molecule has 0 saturated heterocycles. The minimum atomic E-state index is -0.931. The zero-order valence-corrected chi connectivity index (χ0v) is 10.4. The second-order valence-corrected chi connectivity index (χ2v) is 4.88. The Kier molecular flexibility index (Phi) is 5.49. The van der Waals surface area contributed by atoms with E-state index in [-0.39, 0.29) is 0 Å². The van der Waals surface area contributed by atoms with E-state index in [4.69, 9.17) is 10.5 Å². The Hall–Kier alpha value is -0.910. The molecule has 0 aliphatic carbocycles. The van der Waals surface area contributed by atoms with Crippen molar-refractivity contribution in [2.24, 2.45) is 0 Å². The van der Waals surface area contributed by atoms with Gasteiger partial charge in [-0.15, -0.1) is 0 Å². The van der Waals surface area contributed by atoms with Gasteiger partial charge in [0, 0.05) is 18.6 Å². The summed E-state index contributed by atoms with van der Waals surface area (Å²) in [6.07, 6.45) is 0.869. The number of hydrogen-bond acceptors (Lipinski definition) is 3. The molecular weight excluding hydrogens is 214 g/mol. The van der Waals surface area contributed by atoms with Gasteiger partial charge in [0.25, 0.3) is 0 Å². The summed E-state index contributed by atoms with van der Waals surface area (Å²) in [4.78, 5) is 12.3. The van der Waals surface area contributed by atoms with Crippen molar-refractivity contribution in [3.63, 3.8) is 0 Å². The highest BCUT2D eigenvalue weighted by Gasteiger charge is 2.25. The van der Waals surface area contributed by atoms with Gasteiger partial charge in [-0.05, 0) is 27.0 Å². The first-order chi connectivity index (χ1) is 6.79. The molecule has 0 radical (unpaired) electrons. The standard InChI is InChI=1S/C9H19N3O2S/c1-9(2,3)12(8(13)14)6-5-11-7(10)15-4/h5-6H2,1-4H3,(H2,10,11)(H,13,14). The number of hydrogen-bond donors (Lipinski definition) is 3. The maximum atomic E-state index is 10.9. The highest BCUT2D eigenvalue weighted by atomic mass is 32.2. The fourth-order valence-electron chi connectivity index (χ4n) is 1.07. The lowest BCUT2D eigenvalue weighted by molar-refractivity contribution is 0.102. The first-order valence-corrected chi connectivity index (χ1v) is 5.88. The van der Waals surface area contributed by atoms with Crippen LogP contribution in [-0.2, 0) is 0 Å². The molecule has 0 bridgehead atoms. The second-order valence-electron chi connectivity index (χ2n) is 4.07. The molecule has 0 spiro atoms. The summed E-state index contributed by atoms with van der Waals surface area (Å²) in [7, 11) is 0. The van der Waals surface area contributed by atoms with E-state index < -0.39 is 11.6 Å². The van der Waals surface area contributed by atoms with Crippen molar-refractivity contribution in [1.29, 1.82) is 5.41 Å². The molecule has 6 heteroatoms. The van der Waals surface area contributed by atoms with Gasteiger partial charge < -0.3 is 15.3 Å². The Morgan fingerprint density at radius 2 is 2.07 bits per heavy atom. The molecule has 88 valence electrons. The quantitative estimate of drug-likeness (QED) is 0.512. The first-order valence-electron chi connectivity index (χ1n) is 4.66. The zero-order valence-electron chi connectivity index (χ0n) is 9.63. The molecule has 0 aromatic rings. The average Bonchev–Trinajstić information content (AvgIpc) is 2.09. The average molecular weight is 233 g/mol. The fraction of sp³-hybridized carbons (Fsp3) is 0.778. The van der Waals surface area contributed by atoms with Gasteiger partial charge in [-0.25, -0.2) is 4.79 Å². The molecule has 0 atom stereocenters. The minimum absolute atomic E-state index is 0.356. The molecule has 0 unspecified atom stereocenters. The van der Waals surface area contributed by atoms with Crippen LogP contribution in [0.2, 0.25) is 0 Å². The summed E-state index contributed by atoms with van der Waals surface area (Å²) in [5.74, 6) is 0. The van der Waals surface area contributed by atoms with Crippen molar-refractivity contribution in [3.05, 3.63) is 0 Å². The molecule has 0 aliphatic heterocycles. The number of carboxylic acid groups (broad SMARTS) is 1. The van der Waals surface area contributed by atoms with E-state index in [0.717, 1.165) is 0 Å². The van der Waals surface area contributed by atoms with Crippen molar-refractivity contribution in [3.8, 4) is 0 Å². The predicted molar refractivity (Wildman–Crippen MR) is 63.7 cm³/mol. The monoisotopic (exact) mass is 233 g/mol. The number of amides is 1. The lowest BCUT2D eigenvalue weighted by Crippen LogP contribution is -2.48. The van der Waals surface area contributed by atoms with E-state index in [0.29, 0.717) is 18.3 Å². The van der Waals surface area contributed by atoms with Crippen LogP contribution in [0.4, 0.5) is 4.79 Å².